The maximum Gasteiger partial charge on any atom is 0.336 e. The van der Waals surface area contributed by atoms with E-state index in [0.29, 0.717) is 17.7 Å². The van der Waals surface area contributed by atoms with E-state index in [1.165, 1.54) is 49.4 Å². The molecule has 1 aromatic carbocycles. The fourth-order valence-corrected chi connectivity index (χ4v) is 5.17. The summed E-state index contributed by atoms with van der Waals surface area (Å²) in [5.41, 5.74) is 4.21. The number of rotatable bonds is 6. The molecule has 4 rings (SSSR count). The average molecular weight is 380 g/mol. The van der Waals surface area contributed by atoms with E-state index in [9.17, 15) is 4.79 Å². The minimum atomic E-state index is -0.314. The summed E-state index contributed by atoms with van der Waals surface area (Å²) in [6.45, 7) is 7.67. The molecule has 150 valence electrons. The smallest absolute Gasteiger partial charge is 0.336 e. The number of carbonyl (C=O) groups excluding carboxylic acids is 1. The number of hydrogen-bond acceptors (Lipinski definition) is 3. The molecule has 28 heavy (non-hydrogen) atoms. The monoisotopic (exact) mass is 379 g/mol. The van der Waals surface area contributed by atoms with Crippen LogP contribution in [-0.2, 0) is 16.6 Å². The van der Waals surface area contributed by atoms with E-state index in [0.717, 1.165) is 17.9 Å². The topological polar surface area (TPSA) is 29.5 Å². The molecule has 0 heterocycles. The van der Waals surface area contributed by atoms with Gasteiger partial charge in [-0.1, -0.05) is 30.7 Å². The molecule has 3 atom stereocenters. The first-order valence-corrected chi connectivity index (χ1v) is 10.7. The Hall–Kier alpha value is -1.87. The van der Waals surface area contributed by atoms with Gasteiger partial charge in [-0.2, -0.15) is 0 Å². The number of benzene rings is 1. The van der Waals surface area contributed by atoms with Crippen LogP contribution in [0.5, 0.6) is 5.75 Å². The fraction of sp³-hybridized carbons (Fsp3) is 0.560. The molecule has 0 amide bonds. The first kappa shape index (κ1) is 19.4. The van der Waals surface area contributed by atoms with E-state index < -0.39 is 0 Å². The summed E-state index contributed by atoms with van der Waals surface area (Å²) >= 11 is 0. The molecule has 0 bridgehead atoms. The lowest BCUT2D eigenvalue weighted by Gasteiger charge is -2.57. The van der Waals surface area contributed by atoms with Crippen molar-refractivity contribution in [3.8, 4) is 5.75 Å². The van der Waals surface area contributed by atoms with Crippen LogP contribution in [-0.4, -0.2) is 30.5 Å². The van der Waals surface area contributed by atoms with Crippen molar-refractivity contribution in [3.63, 3.8) is 0 Å². The molecular formula is C25H33NO2. The summed E-state index contributed by atoms with van der Waals surface area (Å²) in [6, 6.07) is 6.93. The maximum absolute atomic E-state index is 12.1. The van der Waals surface area contributed by atoms with Crippen LogP contribution >= 0.6 is 0 Å². The fourth-order valence-electron chi connectivity index (χ4n) is 5.17. The highest BCUT2D eigenvalue weighted by atomic mass is 16.5. The molecule has 0 aliphatic heterocycles. The quantitative estimate of drug-likeness (QED) is 0.300. The summed E-state index contributed by atoms with van der Waals surface area (Å²) in [6.07, 6.45) is 11.6. The van der Waals surface area contributed by atoms with Gasteiger partial charge in [0.1, 0.15) is 5.75 Å². The van der Waals surface area contributed by atoms with Crippen molar-refractivity contribution in [3.05, 3.63) is 53.1 Å². The van der Waals surface area contributed by atoms with Gasteiger partial charge in [0.2, 0.25) is 0 Å². The summed E-state index contributed by atoms with van der Waals surface area (Å²) in [7, 11) is 2.32. The van der Waals surface area contributed by atoms with Gasteiger partial charge in [0.15, 0.2) is 0 Å². The number of allylic oxidation sites excluding steroid dienone is 3. The van der Waals surface area contributed by atoms with Gasteiger partial charge in [-0.15, -0.1) is 0 Å². The minimum absolute atomic E-state index is 0.219. The molecule has 3 aliphatic rings. The zero-order chi connectivity index (χ0) is 19.9. The van der Waals surface area contributed by atoms with Gasteiger partial charge < -0.3 is 9.64 Å². The molecule has 3 unspecified atom stereocenters. The third-order valence-electron chi connectivity index (χ3n) is 7.07. The highest BCUT2D eigenvalue weighted by molar-refractivity contribution is 5.84. The lowest BCUT2D eigenvalue weighted by molar-refractivity contribution is -0.129. The first-order chi connectivity index (χ1) is 13.4. The van der Waals surface area contributed by atoms with Crippen LogP contribution in [0.15, 0.2) is 42.0 Å². The van der Waals surface area contributed by atoms with E-state index in [4.69, 9.17) is 4.74 Å². The summed E-state index contributed by atoms with van der Waals surface area (Å²) < 4.78 is 5.58. The largest absolute Gasteiger partial charge is 0.423 e. The van der Waals surface area contributed by atoms with Crippen molar-refractivity contribution in [2.75, 3.05) is 13.6 Å². The van der Waals surface area contributed by atoms with Crippen molar-refractivity contribution in [2.45, 2.75) is 64.3 Å². The second kappa shape index (κ2) is 7.51. The Balaban J connectivity index is 1.51. The molecule has 3 aliphatic carbocycles. The van der Waals surface area contributed by atoms with Crippen LogP contribution in [0.1, 0.15) is 57.6 Å². The standard InChI is InChI=1S/C25H33NO2/c1-17(2)6-5-7-24(27)28-20-11-10-19-14-23(26(4)16-18-8-9-18)21-12-13-25(21,3)22(19)15-20/h5-7,10-11,15,18,21,23H,8-9,12-14,16H2,1-4H3/b7-5+. The molecule has 3 nitrogen and oxygen atoms in total. The van der Waals surface area contributed by atoms with Gasteiger partial charge in [0.25, 0.3) is 0 Å². The van der Waals surface area contributed by atoms with Crippen molar-refractivity contribution >= 4 is 5.97 Å². The van der Waals surface area contributed by atoms with Gasteiger partial charge in [-0.05, 0) is 93.5 Å². The third kappa shape index (κ3) is 3.82. The van der Waals surface area contributed by atoms with Crippen LogP contribution in [0.4, 0.5) is 0 Å². The van der Waals surface area contributed by atoms with E-state index in [1.54, 1.807) is 6.08 Å². The number of hydrogen-bond donors (Lipinski definition) is 0. The number of likely N-dealkylation sites (N-methyl/N-ethyl adjacent to an activating group) is 1. The predicted octanol–water partition coefficient (Wildman–Crippen LogP) is 5.05. The molecule has 0 N–H and O–H groups in total. The lowest BCUT2D eigenvalue weighted by atomic mass is 9.51. The van der Waals surface area contributed by atoms with Crippen molar-refractivity contribution in [1.29, 1.82) is 0 Å². The van der Waals surface area contributed by atoms with Crippen LogP contribution in [0, 0.1) is 11.8 Å². The highest BCUT2D eigenvalue weighted by Gasteiger charge is 2.52. The molecule has 2 fully saturated rings. The zero-order valence-electron chi connectivity index (χ0n) is 17.7. The molecule has 3 heteroatoms. The summed E-state index contributed by atoms with van der Waals surface area (Å²) in [5.74, 6) is 2.00. The molecule has 0 saturated heterocycles. The Kier molecular flexibility index (Phi) is 5.22. The van der Waals surface area contributed by atoms with Crippen LogP contribution in [0.2, 0.25) is 0 Å². The van der Waals surface area contributed by atoms with E-state index >= 15 is 0 Å². The number of carbonyl (C=O) groups is 1. The lowest BCUT2D eigenvalue weighted by Crippen LogP contribution is -2.57. The van der Waals surface area contributed by atoms with Crippen LogP contribution in [0.3, 0.4) is 0 Å². The van der Waals surface area contributed by atoms with Gasteiger partial charge in [-0.25, -0.2) is 4.79 Å². The maximum atomic E-state index is 12.1. The molecule has 0 spiro atoms. The predicted molar refractivity (Wildman–Crippen MR) is 114 cm³/mol. The molecule has 0 radical (unpaired) electrons. The molecule has 2 saturated carbocycles. The van der Waals surface area contributed by atoms with E-state index in [1.807, 2.05) is 26.0 Å². The second-order valence-electron chi connectivity index (χ2n) is 9.56. The molecule has 0 aromatic heterocycles. The second-order valence-corrected chi connectivity index (χ2v) is 9.56. The average Bonchev–Trinajstić information content (AvgIpc) is 3.43. The number of nitrogens with zero attached hydrogens (tertiary/aromatic N) is 1. The van der Waals surface area contributed by atoms with Crippen molar-refractivity contribution in [1.82, 2.24) is 4.90 Å². The normalized spacial score (nSPS) is 28.5. The zero-order valence-corrected chi connectivity index (χ0v) is 17.7. The summed E-state index contributed by atoms with van der Waals surface area (Å²) in [5, 5.41) is 0. The van der Waals surface area contributed by atoms with Gasteiger partial charge >= 0.3 is 5.97 Å². The first-order valence-electron chi connectivity index (χ1n) is 10.7. The molecular weight excluding hydrogens is 346 g/mol. The minimum Gasteiger partial charge on any atom is -0.423 e. The molecule has 1 aromatic rings. The van der Waals surface area contributed by atoms with Gasteiger partial charge in [0, 0.05) is 18.7 Å². The number of ether oxygens (including phenoxy) is 1. The summed E-state index contributed by atoms with van der Waals surface area (Å²) in [4.78, 5) is 14.7. The van der Waals surface area contributed by atoms with Gasteiger partial charge in [0.05, 0.1) is 0 Å². The Morgan fingerprint density at radius 1 is 1.29 bits per heavy atom. The Morgan fingerprint density at radius 2 is 2.07 bits per heavy atom. The number of fused-ring (bicyclic) bond motifs is 3. The third-order valence-corrected chi connectivity index (χ3v) is 7.07. The van der Waals surface area contributed by atoms with Gasteiger partial charge in [-0.3, -0.25) is 0 Å². The van der Waals surface area contributed by atoms with E-state index in [-0.39, 0.29) is 11.4 Å². The van der Waals surface area contributed by atoms with E-state index in [2.05, 4.69) is 31.0 Å². The number of esters is 1. The Morgan fingerprint density at radius 3 is 2.71 bits per heavy atom. The Labute approximate surface area is 169 Å². The van der Waals surface area contributed by atoms with Crippen molar-refractivity contribution in [2.24, 2.45) is 11.8 Å². The van der Waals surface area contributed by atoms with Crippen LogP contribution < -0.4 is 4.74 Å². The van der Waals surface area contributed by atoms with Crippen LogP contribution in [0.25, 0.3) is 0 Å². The Bertz CT molecular complexity index is 816. The van der Waals surface area contributed by atoms with Crippen molar-refractivity contribution < 1.29 is 9.53 Å². The highest BCUT2D eigenvalue weighted by Crippen LogP contribution is 2.56. The SMILES string of the molecule is CC(C)=C/C=C/C(=O)Oc1ccc2c(c1)C1(C)CCC1C(N(C)CC1CC1)C2.